The molecule has 6 nitrogen and oxygen atoms in total. The fourth-order valence-electron chi connectivity index (χ4n) is 2.96. The SMILES string of the molecule is Cc1cc(C(=O)NC2(C#N)CCCCC2)cc(S(N)(=O)=O)c1C. The molecule has 7 heteroatoms. The average Bonchev–Trinajstić information content (AvgIpc) is 2.49. The number of nitrogens with one attached hydrogen (secondary N) is 1. The van der Waals surface area contributed by atoms with Crippen molar-refractivity contribution < 1.29 is 13.2 Å². The molecule has 0 atom stereocenters. The molecule has 23 heavy (non-hydrogen) atoms. The molecule has 0 aliphatic heterocycles. The summed E-state index contributed by atoms with van der Waals surface area (Å²) >= 11 is 0. The number of carbonyl (C=O) groups is 1. The molecule has 0 saturated heterocycles. The van der Waals surface area contributed by atoms with Crippen LogP contribution in [0.4, 0.5) is 0 Å². The molecule has 0 aromatic heterocycles. The van der Waals surface area contributed by atoms with Crippen LogP contribution in [0.3, 0.4) is 0 Å². The number of carbonyl (C=O) groups excluding carboxylic acids is 1. The van der Waals surface area contributed by atoms with E-state index in [1.165, 1.54) is 6.07 Å². The zero-order valence-electron chi connectivity index (χ0n) is 13.3. The first-order chi connectivity index (χ1) is 10.7. The van der Waals surface area contributed by atoms with Crippen molar-refractivity contribution in [2.24, 2.45) is 5.14 Å². The summed E-state index contributed by atoms with van der Waals surface area (Å²) in [7, 11) is -3.91. The van der Waals surface area contributed by atoms with E-state index in [1.807, 2.05) is 0 Å². The third-order valence-corrected chi connectivity index (χ3v) is 5.50. The van der Waals surface area contributed by atoms with Crippen LogP contribution in [0.5, 0.6) is 0 Å². The first kappa shape index (κ1) is 17.4. The van der Waals surface area contributed by atoms with Crippen LogP contribution < -0.4 is 10.5 Å². The van der Waals surface area contributed by atoms with Crippen LogP contribution in [0.1, 0.15) is 53.6 Å². The maximum absolute atomic E-state index is 12.5. The quantitative estimate of drug-likeness (QED) is 0.878. The summed E-state index contributed by atoms with van der Waals surface area (Å²) in [6.07, 6.45) is 4.06. The van der Waals surface area contributed by atoms with Gasteiger partial charge in [0.2, 0.25) is 10.0 Å². The van der Waals surface area contributed by atoms with Crippen molar-refractivity contribution in [3.63, 3.8) is 0 Å². The van der Waals surface area contributed by atoms with Gasteiger partial charge < -0.3 is 5.32 Å². The Labute approximate surface area is 136 Å². The highest BCUT2D eigenvalue weighted by Gasteiger charge is 2.34. The normalized spacial score (nSPS) is 17.3. The van der Waals surface area contributed by atoms with Crippen molar-refractivity contribution in [3.05, 3.63) is 28.8 Å². The van der Waals surface area contributed by atoms with Gasteiger partial charge in [-0.15, -0.1) is 0 Å². The number of nitrogens with zero attached hydrogens (tertiary/aromatic N) is 1. The summed E-state index contributed by atoms with van der Waals surface area (Å²) in [5.41, 5.74) is 0.529. The molecular formula is C16H21N3O3S. The minimum absolute atomic E-state index is 0.0581. The van der Waals surface area contributed by atoms with Gasteiger partial charge in [0.05, 0.1) is 11.0 Å². The van der Waals surface area contributed by atoms with Gasteiger partial charge in [-0.25, -0.2) is 13.6 Å². The van der Waals surface area contributed by atoms with E-state index in [1.54, 1.807) is 19.9 Å². The number of primary sulfonamides is 1. The van der Waals surface area contributed by atoms with Crippen molar-refractivity contribution >= 4 is 15.9 Å². The number of sulfonamides is 1. The van der Waals surface area contributed by atoms with Gasteiger partial charge in [0, 0.05) is 5.56 Å². The smallest absolute Gasteiger partial charge is 0.252 e. The average molecular weight is 335 g/mol. The Morgan fingerprint density at radius 2 is 1.87 bits per heavy atom. The van der Waals surface area contributed by atoms with E-state index in [9.17, 15) is 18.5 Å². The van der Waals surface area contributed by atoms with Gasteiger partial charge in [0.15, 0.2) is 0 Å². The van der Waals surface area contributed by atoms with Crippen LogP contribution in [0.2, 0.25) is 0 Å². The molecule has 0 unspecified atom stereocenters. The van der Waals surface area contributed by atoms with Crippen molar-refractivity contribution in [1.29, 1.82) is 5.26 Å². The first-order valence-corrected chi connectivity index (χ1v) is 9.11. The molecule has 3 N–H and O–H groups in total. The molecule has 2 rings (SSSR count). The fourth-order valence-corrected chi connectivity index (χ4v) is 3.84. The summed E-state index contributed by atoms with van der Waals surface area (Å²) in [5.74, 6) is -0.443. The summed E-state index contributed by atoms with van der Waals surface area (Å²) in [4.78, 5) is 12.5. The molecule has 1 aliphatic carbocycles. The van der Waals surface area contributed by atoms with Crippen molar-refractivity contribution in [2.75, 3.05) is 0 Å². The van der Waals surface area contributed by atoms with Crippen molar-refractivity contribution in [3.8, 4) is 6.07 Å². The summed E-state index contributed by atoms with van der Waals surface area (Å²) in [6.45, 7) is 3.37. The van der Waals surface area contributed by atoms with Crippen molar-refractivity contribution in [2.45, 2.75) is 56.4 Å². The minimum atomic E-state index is -3.91. The largest absolute Gasteiger partial charge is 0.334 e. The second kappa shape index (κ2) is 6.30. The number of hydrogen-bond donors (Lipinski definition) is 2. The standard InChI is InChI=1S/C16H21N3O3S/c1-11-8-13(9-14(12(11)2)23(18,21)22)15(20)19-16(10-17)6-4-3-5-7-16/h8-9H,3-7H2,1-2H3,(H,19,20)(H2,18,21,22). The van der Waals surface area contributed by atoms with Crippen LogP contribution in [0, 0.1) is 25.2 Å². The number of hydrogen-bond acceptors (Lipinski definition) is 4. The van der Waals surface area contributed by atoms with Crippen LogP contribution in [-0.2, 0) is 10.0 Å². The van der Waals surface area contributed by atoms with Crippen LogP contribution in [0.25, 0.3) is 0 Å². The predicted molar refractivity (Wildman–Crippen MR) is 86.2 cm³/mol. The van der Waals surface area contributed by atoms with Gasteiger partial charge in [-0.1, -0.05) is 19.3 Å². The summed E-state index contributed by atoms with van der Waals surface area (Å²) in [5, 5.41) is 17.4. The molecule has 1 aromatic rings. The second-order valence-electron chi connectivity index (χ2n) is 6.17. The maximum atomic E-state index is 12.5. The highest BCUT2D eigenvalue weighted by Crippen LogP contribution is 2.28. The molecule has 0 spiro atoms. The van der Waals surface area contributed by atoms with Gasteiger partial charge in [0.1, 0.15) is 5.54 Å². The highest BCUT2D eigenvalue weighted by molar-refractivity contribution is 7.89. The molecule has 1 fully saturated rings. The van der Waals surface area contributed by atoms with E-state index in [2.05, 4.69) is 11.4 Å². The minimum Gasteiger partial charge on any atom is -0.334 e. The number of amides is 1. The Balaban J connectivity index is 2.37. The van der Waals surface area contributed by atoms with Gasteiger partial charge in [0.25, 0.3) is 5.91 Å². The fraction of sp³-hybridized carbons (Fsp3) is 0.500. The molecule has 0 bridgehead atoms. The first-order valence-electron chi connectivity index (χ1n) is 7.56. The van der Waals surface area contributed by atoms with E-state index in [0.29, 0.717) is 24.0 Å². The van der Waals surface area contributed by atoms with E-state index >= 15 is 0 Å². The molecule has 1 saturated carbocycles. The molecule has 0 radical (unpaired) electrons. The summed E-state index contributed by atoms with van der Waals surface area (Å²) in [6, 6.07) is 5.11. The number of aryl methyl sites for hydroxylation is 1. The topological polar surface area (TPSA) is 113 Å². The zero-order valence-corrected chi connectivity index (χ0v) is 14.2. The molecular weight excluding hydrogens is 314 g/mol. The molecule has 0 heterocycles. The lowest BCUT2D eigenvalue weighted by molar-refractivity contribution is 0.0902. The number of nitrogens with two attached hydrogens (primary N) is 1. The third-order valence-electron chi connectivity index (χ3n) is 4.46. The second-order valence-corrected chi connectivity index (χ2v) is 7.70. The monoisotopic (exact) mass is 335 g/mol. The maximum Gasteiger partial charge on any atom is 0.252 e. The van der Waals surface area contributed by atoms with Gasteiger partial charge in [-0.2, -0.15) is 5.26 Å². The van der Waals surface area contributed by atoms with Crippen LogP contribution in [-0.4, -0.2) is 19.9 Å². The zero-order chi connectivity index (χ0) is 17.3. The lowest BCUT2D eigenvalue weighted by atomic mass is 9.82. The van der Waals surface area contributed by atoms with Gasteiger partial charge >= 0.3 is 0 Å². The highest BCUT2D eigenvalue weighted by atomic mass is 32.2. The van der Waals surface area contributed by atoms with E-state index < -0.39 is 21.5 Å². The molecule has 124 valence electrons. The number of benzene rings is 1. The predicted octanol–water partition coefficient (Wildman–Crippen LogP) is 1.91. The summed E-state index contributed by atoms with van der Waals surface area (Å²) < 4.78 is 23.4. The van der Waals surface area contributed by atoms with Crippen LogP contribution in [0.15, 0.2) is 17.0 Å². The third kappa shape index (κ3) is 3.71. The Kier molecular flexibility index (Phi) is 4.78. The number of rotatable bonds is 3. The van der Waals surface area contributed by atoms with E-state index in [0.717, 1.165) is 19.3 Å². The van der Waals surface area contributed by atoms with Gasteiger partial charge in [-0.05, 0) is 49.9 Å². The Morgan fingerprint density at radius 3 is 2.39 bits per heavy atom. The Morgan fingerprint density at radius 1 is 1.26 bits per heavy atom. The van der Waals surface area contributed by atoms with E-state index in [-0.39, 0.29) is 10.5 Å². The number of nitriles is 1. The molecule has 1 amide bonds. The molecule has 1 aliphatic rings. The molecule has 1 aromatic carbocycles. The Hall–Kier alpha value is -1.91. The van der Waals surface area contributed by atoms with Crippen molar-refractivity contribution in [1.82, 2.24) is 5.32 Å². The lowest BCUT2D eigenvalue weighted by Gasteiger charge is -2.31. The lowest BCUT2D eigenvalue weighted by Crippen LogP contribution is -2.48. The Bertz CT molecular complexity index is 772. The van der Waals surface area contributed by atoms with Crippen LogP contribution >= 0.6 is 0 Å². The van der Waals surface area contributed by atoms with E-state index in [4.69, 9.17) is 5.14 Å². The van der Waals surface area contributed by atoms with Gasteiger partial charge in [-0.3, -0.25) is 4.79 Å².